The van der Waals surface area contributed by atoms with Gasteiger partial charge in [-0.15, -0.1) is 0 Å². The highest BCUT2D eigenvalue weighted by molar-refractivity contribution is 14.1. The third-order valence-corrected chi connectivity index (χ3v) is 4.20. The summed E-state index contributed by atoms with van der Waals surface area (Å²) in [5.74, 6) is 0.841. The Morgan fingerprint density at radius 1 is 1.08 bits per heavy atom. The van der Waals surface area contributed by atoms with Crippen LogP contribution in [0.25, 0.3) is 0 Å². The summed E-state index contributed by atoms with van der Waals surface area (Å²) in [6.45, 7) is 6.61. The number of carbonyl (C=O) groups is 1. The van der Waals surface area contributed by atoms with Gasteiger partial charge in [0.05, 0.1) is 3.57 Å². The average Bonchev–Trinajstić information content (AvgIpc) is 2.53. The molecule has 5 heteroatoms. The molecule has 0 atom stereocenters. The summed E-state index contributed by atoms with van der Waals surface area (Å²) in [6.07, 6.45) is -0.327. The Morgan fingerprint density at radius 3 is 2.36 bits per heavy atom. The van der Waals surface area contributed by atoms with Crippen molar-refractivity contribution >= 4 is 28.7 Å². The van der Waals surface area contributed by atoms with E-state index in [1.165, 1.54) is 0 Å². The van der Waals surface area contributed by atoms with Crippen molar-refractivity contribution in [3.05, 3.63) is 63.2 Å². The van der Waals surface area contributed by atoms with Crippen molar-refractivity contribution in [2.75, 3.05) is 7.05 Å². The Labute approximate surface area is 163 Å². The molecule has 2 aromatic carbocycles. The van der Waals surface area contributed by atoms with Gasteiger partial charge in [-0.2, -0.15) is 0 Å². The maximum atomic E-state index is 12.1. The summed E-state index contributed by atoms with van der Waals surface area (Å²) in [5.41, 5.74) is 1.67. The molecule has 0 N–H and O–H groups in total. The number of hydrogen-bond donors (Lipinski definition) is 0. The van der Waals surface area contributed by atoms with Crippen LogP contribution in [-0.2, 0) is 17.9 Å². The van der Waals surface area contributed by atoms with Crippen LogP contribution in [0.1, 0.15) is 31.9 Å². The quantitative estimate of drug-likeness (QED) is 0.582. The van der Waals surface area contributed by atoms with Gasteiger partial charge in [0.2, 0.25) is 0 Å². The highest BCUT2D eigenvalue weighted by atomic mass is 127. The lowest BCUT2D eigenvalue weighted by molar-refractivity contribution is 0.0285. The first-order valence-corrected chi connectivity index (χ1v) is 9.22. The van der Waals surface area contributed by atoms with E-state index in [-0.39, 0.29) is 6.09 Å². The summed E-state index contributed by atoms with van der Waals surface area (Å²) in [5, 5.41) is 0. The fourth-order valence-electron chi connectivity index (χ4n) is 2.17. The van der Waals surface area contributed by atoms with Crippen LogP contribution in [0.2, 0.25) is 0 Å². The number of halogens is 1. The van der Waals surface area contributed by atoms with Gasteiger partial charge in [0.25, 0.3) is 0 Å². The zero-order valence-electron chi connectivity index (χ0n) is 15.1. The molecule has 2 aromatic rings. The first kappa shape index (κ1) is 19.6. The van der Waals surface area contributed by atoms with E-state index in [0.717, 1.165) is 20.4 Å². The number of ether oxygens (including phenoxy) is 2. The topological polar surface area (TPSA) is 38.8 Å². The van der Waals surface area contributed by atoms with Gasteiger partial charge in [0.15, 0.2) is 0 Å². The van der Waals surface area contributed by atoms with E-state index in [1.54, 1.807) is 11.9 Å². The molecule has 0 aliphatic heterocycles. The minimum Gasteiger partial charge on any atom is -0.488 e. The lowest BCUT2D eigenvalue weighted by atomic mass is 10.2. The van der Waals surface area contributed by atoms with E-state index in [4.69, 9.17) is 9.47 Å². The summed E-state index contributed by atoms with van der Waals surface area (Å²) >= 11 is 2.26. The molecule has 0 heterocycles. The molecular weight excluding hydrogens is 429 g/mol. The lowest BCUT2D eigenvalue weighted by Gasteiger charge is -2.24. The Hall–Kier alpha value is -1.76. The van der Waals surface area contributed by atoms with Crippen LogP contribution >= 0.6 is 22.6 Å². The third kappa shape index (κ3) is 6.57. The molecular formula is C20H24INO3. The number of rotatable bonds is 5. The van der Waals surface area contributed by atoms with Gasteiger partial charge in [0.1, 0.15) is 18.0 Å². The Bertz CT molecular complexity index is 711. The second kappa shape index (κ2) is 8.56. The molecule has 0 saturated carbocycles. The molecule has 25 heavy (non-hydrogen) atoms. The summed E-state index contributed by atoms with van der Waals surface area (Å²) in [6, 6.07) is 16.0. The molecule has 0 aliphatic rings. The van der Waals surface area contributed by atoms with Gasteiger partial charge in [-0.25, -0.2) is 4.79 Å². The van der Waals surface area contributed by atoms with Crippen LogP contribution in [0.4, 0.5) is 4.79 Å². The molecule has 0 radical (unpaired) electrons. The molecule has 0 fully saturated rings. The lowest BCUT2D eigenvalue weighted by Crippen LogP contribution is -2.33. The zero-order chi connectivity index (χ0) is 18.4. The predicted octanol–water partition coefficient (Wildman–Crippen LogP) is 5.24. The van der Waals surface area contributed by atoms with Crippen LogP contribution in [-0.4, -0.2) is 23.6 Å². The van der Waals surface area contributed by atoms with Gasteiger partial charge in [0, 0.05) is 13.6 Å². The summed E-state index contributed by atoms with van der Waals surface area (Å²) in [7, 11) is 1.74. The van der Waals surface area contributed by atoms with Gasteiger partial charge in [-0.1, -0.05) is 36.4 Å². The SMILES string of the molecule is CN(Cc1ccc(OCc2ccccc2)c(I)c1)C(=O)OC(C)(C)C. The van der Waals surface area contributed by atoms with Crippen molar-refractivity contribution in [1.29, 1.82) is 0 Å². The van der Waals surface area contributed by atoms with Crippen molar-refractivity contribution in [2.45, 2.75) is 39.5 Å². The van der Waals surface area contributed by atoms with Crippen LogP contribution in [0, 0.1) is 3.57 Å². The zero-order valence-corrected chi connectivity index (χ0v) is 17.2. The van der Waals surface area contributed by atoms with Crippen LogP contribution < -0.4 is 4.74 Å². The van der Waals surface area contributed by atoms with E-state index in [1.807, 2.05) is 69.3 Å². The minimum atomic E-state index is -0.491. The van der Waals surface area contributed by atoms with Crippen LogP contribution in [0.15, 0.2) is 48.5 Å². The molecule has 0 unspecified atom stereocenters. The van der Waals surface area contributed by atoms with E-state index in [9.17, 15) is 4.79 Å². The average molecular weight is 453 g/mol. The maximum absolute atomic E-state index is 12.1. The molecule has 4 nitrogen and oxygen atoms in total. The maximum Gasteiger partial charge on any atom is 0.410 e. The molecule has 134 valence electrons. The molecule has 2 rings (SSSR count). The fraction of sp³-hybridized carbons (Fsp3) is 0.350. The molecule has 0 spiro atoms. The van der Waals surface area contributed by atoms with E-state index in [2.05, 4.69) is 22.6 Å². The molecule has 1 amide bonds. The van der Waals surface area contributed by atoms with Gasteiger partial charge in [-0.3, -0.25) is 0 Å². The molecule has 0 bridgehead atoms. The molecule has 0 saturated heterocycles. The van der Waals surface area contributed by atoms with Gasteiger partial charge >= 0.3 is 6.09 Å². The number of benzene rings is 2. The smallest absolute Gasteiger partial charge is 0.410 e. The van der Waals surface area contributed by atoms with Crippen LogP contribution in [0.3, 0.4) is 0 Å². The highest BCUT2D eigenvalue weighted by Crippen LogP contribution is 2.24. The Morgan fingerprint density at radius 2 is 1.76 bits per heavy atom. The second-order valence-corrected chi connectivity index (χ2v) is 8.04. The van der Waals surface area contributed by atoms with E-state index < -0.39 is 5.60 Å². The van der Waals surface area contributed by atoms with E-state index in [0.29, 0.717) is 13.2 Å². The fourth-order valence-corrected chi connectivity index (χ4v) is 2.91. The first-order valence-electron chi connectivity index (χ1n) is 8.14. The second-order valence-electron chi connectivity index (χ2n) is 6.88. The molecule has 0 aliphatic carbocycles. The standard InChI is InChI=1S/C20H24INO3/c1-20(2,3)25-19(23)22(4)13-16-10-11-18(17(21)12-16)24-14-15-8-6-5-7-9-15/h5-12H,13-14H2,1-4H3. The van der Waals surface area contributed by atoms with Gasteiger partial charge in [-0.05, 0) is 66.6 Å². The van der Waals surface area contributed by atoms with Crippen LogP contribution in [0.5, 0.6) is 5.75 Å². The van der Waals surface area contributed by atoms with Crippen molar-refractivity contribution < 1.29 is 14.3 Å². The third-order valence-electron chi connectivity index (χ3n) is 3.36. The van der Waals surface area contributed by atoms with Crippen molar-refractivity contribution in [3.63, 3.8) is 0 Å². The normalized spacial score (nSPS) is 11.1. The first-order chi connectivity index (χ1) is 11.7. The largest absolute Gasteiger partial charge is 0.488 e. The highest BCUT2D eigenvalue weighted by Gasteiger charge is 2.19. The predicted molar refractivity (Wildman–Crippen MR) is 108 cm³/mol. The van der Waals surface area contributed by atoms with Crippen molar-refractivity contribution in [3.8, 4) is 5.75 Å². The monoisotopic (exact) mass is 453 g/mol. The number of hydrogen-bond acceptors (Lipinski definition) is 3. The number of carbonyl (C=O) groups excluding carboxylic acids is 1. The summed E-state index contributed by atoms with van der Waals surface area (Å²) < 4.78 is 12.3. The van der Waals surface area contributed by atoms with Gasteiger partial charge < -0.3 is 14.4 Å². The molecule has 0 aromatic heterocycles. The van der Waals surface area contributed by atoms with E-state index >= 15 is 0 Å². The Kier molecular flexibility index (Phi) is 6.70. The minimum absolute atomic E-state index is 0.327. The van der Waals surface area contributed by atoms with Crippen molar-refractivity contribution in [1.82, 2.24) is 4.90 Å². The Balaban J connectivity index is 1.95. The number of amides is 1. The number of nitrogens with zero attached hydrogens (tertiary/aromatic N) is 1. The summed E-state index contributed by atoms with van der Waals surface area (Å²) in [4.78, 5) is 13.6. The van der Waals surface area contributed by atoms with Crippen molar-refractivity contribution in [2.24, 2.45) is 0 Å².